The third-order valence-corrected chi connectivity index (χ3v) is 6.56. The van der Waals surface area contributed by atoms with Gasteiger partial charge in [-0.2, -0.15) is 14.5 Å². The molecule has 7 nitrogen and oxygen atoms in total. The van der Waals surface area contributed by atoms with Crippen molar-refractivity contribution in [2.75, 3.05) is 7.05 Å². The van der Waals surface area contributed by atoms with Gasteiger partial charge in [-0.15, -0.1) is 0 Å². The van der Waals surface area contributed by atoms with Gasteiger partial charge in [-0.05, 0) is 51.5 Å². The van der Waals surface area contributed by atoms with Crippen LogP contribution in [0.1, 0.15) is 36.8 Å². The first kappa shape index (κ1) is 19.3. The van der Waals surface area contributed by atoms with Gasteiger partial charge in [0.05, 0.1) is 17.1 Å². The molecule has 0 bridgehead atoms. The molecule has 0 unspecified atom stereocenters. The smallest absolute Gasteiger partial charge is 0.246 e. The van der Waals surface area contributed by atoms with E-state index in [0.29, 0.717) is 16.3 Å². The summed E-state index contributed by atoms with van der Waals surface area (Å²) in [6.07, 6.45) is 3.56. The molecule has 0 aliphatic heterocycles. The zero-order valence-electron chi connectivity index (χ0n) is 16.3. The SMILES string of the molecule is Cc1nn(C(C)C)c(C)c1S(=O)(=O)N(C)Cc1cccc(-n2cccn2)c1. The minimum atomic E-state index is -3.65. The van der Waals surface area contributed by atoms with Crippen LogP contribution in [0.25, 0.3) is 5.69 Å². The van der Waals surface area contributed by atoms with Gasteiger partial charge in [-0.3, -0.25) is 4.68 Å². The third-order valence-electron chi connectivity index (χ3n) is 4.50. The molecule has 0 spiro atoms. The van der Waals surface area contributed by atoms with Crippen molar-refractivity contribution in [3.05, 3.63) is 59.7 Å². The van der Waals surface area contributed by atoms with Gasteiger partial charge in [-0.25, -0.2) is 13.1 Å². The quantitative estimate of drug-likeness (QED) is 0.651. The summed E-state index contributed by atoms with van der Waals surface area (Å²) in [5, 5.41) is 8.63. The van der Waals surface area contributed by atoms with Crippen molar-refractivity contribution < 1.29 is 8.42 Å². The minimum Gasteiger partial charge on any atom is -0.266 e. The summed E-state index contributed by atoms with van der Waals surface area (Å²) in [5.74, 6) is 0. The van der Waals surface area contributed by atoms with Gasteiger partial charge in [0.15, 0.2) is 0 Å². The number of rotatable bonds is 6. The number of hydrogen-bond acceptors (Lipinski definition) is 4. The number of hydrogen-bond donors (Lipinski definition) is 0. The van der Waals surface area contributed by atoms with Crippen LogP contribution in [0.3, 0.4) is 0 Å². The molecule has 1 aromatic carbocycles. The lowest BCUT2D eigenvalue weighted by Gasteiger charge is -2.18. The van der Waals surface area contributed by atoms with E-state index in [1.807, 2.05) is 50.4 Å². The molecule has 2 aromatic heterocycles. The van der Waals surface area contributed by atoms with Crippen molar-refractivity contribution in [2.24, 2.45) is 0 Å². The number of sulfonamides is 1. The fourth-order valence-corrected chi connectivity index (χ4v) is 4.75. The van der Waals surface area contributed by atoms with Crippen LogP contribution in [-0.2, 0) is 16.6 Å². The molecule has 0 radical (unpaired) electrons. The zero-order chi connectivity index (χ0) is 19.8. The van der Waals surface area contributed by atoms with Crippen LogP contribution in [0, 0.1) is 13.8 Å². The Bertz CT molecular complexity index is 1040. The maximum Gasteiger partial charge on any atom is 0.246 e. The Hall–Kier alpha value is -2.45. The van der Waals surface area contributed by atoms with Crippen LogP contribution < -0.4 is 0 Å². The second kappa shape index (κ2) is 7.28. The predicted molar refractivity (Wildman–Crippen MR) is 104 cm³/mol. The van der Waals surface area contributed by atoms with E-state index >= 15 is 0 Å². The van der Waals surface area contributed by atoms with Crippen LogP contribution in [-0.4, -0.2) is 39.3 Å². The molecule has 0 saturated carbocycles. The second-order valence-corrected chi connectivity index (χ2v) is 8.90. The molecule has 0 amide bonds. The third kappa shape index (κ3) is 3.68. The summed E-state index contributed by atoms with van der Waals surface area (Å²) in [7, 11) is -2.05. The van der Waals surface area contributed by atoms with Gasteiger partial charge < -0.3 is 0 Å². The summed E-state index contributed by atoms with van der Waals surface area (Å²) in [6, 6.07) is 9.64. The van der Waals surface area contributed by atoms with Crippen molar-refractivity contribution in [1.82, 2.24) is 23.9 Å². The van der Waals surface area contributed by atoms with Crippen molar-refractivity contribution in [2.45, 2.75) is 45.2 Å². The highest BCUT2D eigenvalue weighted by Gasteiger charge is 2.29. The maximum atomic E-state index is 13.2. The summed E-state index contributed by atoms with van der Waals surface area (Å²) >= 11 is 0. The van der Waals surface area contributed by atoms with E-state index < -0.39 is 10.0 Å². The normalized spacial score (nSPS) is 12.3. The highest BCUT2D eigenvalue weighted by atomic mass is 32.2. The van der Waals surface area contributed by atoms with E-state index in [0.717, 1.165) is 11.3 Å². The molecule has 0 atom stereocenters. The molecule has 0 aliphatic carbocycles. The fraction of sp³-hybridized carbons (Fsp3) is 0.368. The van der Waals surface area contributed by atoms with Gasteiger partial charge >= 0.3 is 0 Å². The number of benzene rings is 1. The summed E-state index contributed by atoms with van der Waals surface area (Å²) in [5.41, 5.74) is 2.97. The number of aromatic nitrogens is 4. The van der Waals surface area contributed by atoms with Gasteiger partial charge in [0.2, 0.25) is 10.0 Å². The van der Waals surface area contributed by atoms with Gasteiger partial charge in [0, 0.05) is 32.0 Å². The Morgan fingerprint density at radius 1 is 1.19 bits per heavy atom. The van der Waals surface area contributed by atoms with E-state index in [1.165, 1.54) is 4.31 Å². The molecule has 27 heavy (non-hydrogen) atoms. The average molecular weight is 388 g/mol. The molecule has 144 valence electrons. The van der Waals surface area contributed by atoms with Crippen molar-refractivity contribution >= 4 is 10.0 Å². The van der Waals surface area contributed by atoms with Crippen molar-refractivity contribution in [1.29, 1.82) is 0 Å². The lowest BCUT2D eigenvalue weighted by molar-refractivity contribution is 0.464. The molecule has 3 rings (SSSR count). The maximum absolute atomic E-state index is 13.2. The zero-order valence-corrected chi connectivity index (χ0v) is 17.1. The molecule has 0 saturated heterocycles. The average Bonchev–Trinajstić information content (AvgIpc) is 3.23. The molecular formula is C19H25N5O2S. The molecule has 8 heteroatoms. The molecule has 0 fully saturated rings. The van der Waals surface area contributed by atoms with Crippen LogP contribution in [0.4, 0.5) is 0 Å². The van der Waals surface area contributed by atoms with Gasteiger partial charge in [0.1, 0.15) is 4.90 Å². The highest BCUT2D eigenvalue weighted by molar-refractivity contribution is 7.89. The molecule has 2 heterocycles. The van der Waals surface area contributed by atoms with Crippen LogP contribution in [0.5, 0.6) is 0 Å². The highest BCUT2D eigenvalue weighted by Crippen LogP contribution is 2.26. The molecule has 0 aliphatic rings. The predicted octanol–water partition coefficient (Wildman–Crippen LogP) is 3.09. The van der Waals surface area contributed by atoms with Crippen LogP contribution in [0.2, 0.25) is 0 Å². The fourth-order valence-electron chi connectivity index (χ4n) is 3.24. The molecule has 0 N–H and O–H groups in total. The lowest BCUT2D eigenvalue weighted by Crippen LogP contribution is -2.27. The first-order chi connectivity index (χ1) is 12.7. The Morgan fingerprint density at radius 3 is 2.52 bits per heavy atom. The molecule has 3 aromatic rings. The first-order valence-electron chi connectivity index (χ1n) is 8.83. The Kier molecular flexibility index (Phi) is 5.21. The van der Waals surface area contributed by atoms with Crippen LogP contribution >= 0.6 is 0 Å². The minimum absolute atomic E-state index is 0.101. The second-order valence-electron chi connectivity index (χ2n) is 6.92. The number of aryl methyl sites for hydroxylation is 1. The van der Waals surface area contributed by atoms with E-state index in [4.69, 9.17) is 0 Å². The monoisotopic (exact) mass is 387 g/mol. The molecular weight excluding hydrogens is 362 g/mol. The first-order valence-corrected chi connectivity index (χ1v) is 10.3. The van der Waals surface area contributed by atoms with E-state index in [9.17, 15) is 8.42 Å². The Morgan fingerprint density at radius 2 is 1.93 bits per heavy atom. The van der Waals surface area contributed by atoms with E-state index in [-0.39, 0.29) is 12.6 Å². The standard InChI is InChI=1S/C19H25N5O2S/c1-14(2)24-16(4)19(15(3)21-24)27(25,26)22(5)13-17-8-6-9-18(12-17)23-11-7-10-20-23/h6-12,14H,13H2,1-5H3. The summed E-state index contributed by atoms with van der Waals surface area (Å²) in [4.78, 5) is 0.293. The summed E-state index contributed by atoms with van der Waals surface area (Å²) in [6.45, 7) is 7.79. The largest absolute Gasteiger partial charge is 0.266 e. The number of nitrogens with zero attached hydrogens (tertiary/aromatic N) is 5. The van der Waals surface area contributed by atoms with E-state index in [2.05, 4.69) is 10.2 Å². The Labute approximate surface area is 160 Å². The van der Waals surface area contributed by atoms with E-state index in [1.54, 1.807) is 36.5 Å². The Balaban J connectivity index is 1.90. The van der Waals surface area contributed by atoms with Gasteiger partial charge in [0.25, 0.3) is 0 Å². The summed E-state index contributed by atoms with van der Waals surface area (Å²) < 4.78 is 31.2. The van der Waals surface area contributed by atoms with Gasteiger partial charge in [-0.1, -0.05) is 12.1 Å². The van der Waals surface area contributed by atoms with Crippen molar-refractivity contribution in [3.63, 3.8) is 0 Å². The van der Waals surface area contributed by atoms with Crippen molar-refractivity contribution in [3.8, 4) is 5.69 Å². The lowest BCUT2D eigenvalue weighted by atomic mass is 10.2. The topological polar surface area (TPSA) is 73.0 Å². The van der Waals surface area contributed by atoms with Crippen LogP contribution in [0.15, 0.2) is 47.6 Å².